The van der Waals surface area contributed by atoms with E-state index in [9.17, 15) is 10.4 Å². The monoisotopic (exact) mass is 454 g/mol. The molecule has 1 saturated heterocycles. The van der Waals surface area contributed by atoms with Gasteiger partial charge in [0.2, 0.25) is 0 Å². The van der Waals surface area contributed by atoms with E-state index in [4.69, 9.17) is 0 Å². The molecule has 3 nitrogen and oxygen atoms in total. The van der Waals surface area contributed by atoms with Gasteiger partial charge in [-0.2, -0.15) is 5.26 Å². The van der Waals surface area contributed by atoms with Crippen LogP contribution in [0, 0.1) is 11.3 Å². The second-order valence-corrected chi connectivity index (χ2v) is 10.3. The van der Waals surface area contributed by atoms with Crippen LogP contribution in [0.15, 0.2) is 30.3 Å². The number of hydrogen-bond acceptors (Lipinski definition) is 3. The van der Waals surface area contributed by atoms with Crippen molar-refractivity contribution in [2.45, 2.75) is 134 Å². The minimum absolute atomic E-state index is 0.348. The zero-order valence-corrected chi connectivity index (χ0v) is 21.4. The highest BCUT2D eigenvalue weighted by atomic mass is 16.3. The summed E-state index contributed by atoms with van der Waals surface area (Å²) in [7, 11) is 0. The van der Waals surface area contributed by atoms with Crippen molar-refractivity contribution in [1.29, 1.82) is 5.26 Å². The Morgan fingerprint density at radius 3 is 1.70 bits per heavy atom. The van der Waals surface area contributed by atoms with Gasteiger partial charge in [0.1, 0.15) is 6.23 Å². The molecule has 1 heterocycles. The predicted octanol–water partition coefficient (Wildman–Crippen LogP) is 8.12. The molecule has 1 aromatic rings. The molecule has 0 amide bonds. The predicted molar refractivity (Wildman–Crippen MR) is 140 cm³/mol. The van der Waals surface area contributed by atoms with Crippen LogP contribution in [0.4, 0.5) is 0 Å². The van der Waals surface area contributed by atoms with E-state index in [0.717, 1.165) is 44.3 Å². The largest absolute Gasteiger partial charge is 0.378 e. The molecule has 2 rings (SSSR count). The van der Waals surface area contributed by atoms with E-state index in [1.54, 1.807) is 0 Å². The lowest BCUT2D eigenvalue weighted by Crippen LogP contribution is -2.46. The number of aliphatic hydroxyl groups is 1. The van der Waals surface area contributed by atoms with Crippen molar-refractivity contribution in [3.63, 3.8) is 0 Å². The third-order valence-corrected chi connectivity index (χ3v) is 7.68. The van der Waals surface area contributed by atoms with Crippen molar-refractivity contribution >= 4 is 0 Å². The molecule has 33 heavy (non-hydrogen) atoms. The maximum atomic E-state index is 10.6. The highest BCUT2D eigenvalue weighted by molar-refractivity contribution is 5.33. The first-order valence-electron chi connectivity index (χ1n) is 14.1. The smallest absolute Gasteiger partial charge is 0.107 e. The molecule has 186 valence electrons. The molecule has 1 unspecified atom stereocenters. The van der Waals surface area contributed by atoms with Crippen molar-refractivity contribution in [2.75, 3.05) is 13.1 Å². The molecule has 3 heteroatoms. The molecule has 1 aliphatic rings. The van der Waals surface area contributed by atoms with Gasteiger partial charge in [0.15, 0.2) is 0 Å². The van der Waals surface area contributed by atoms with E-state index < -0.39 is 0 Å². The van der Waals surface area contributed by atoms with Crippen LogP contribution in [0.25, 0.3) is 0 Å². The van der Waals surface area contributed by atoms with Crippen molar-refractivity contribution < 1.29 is 5.11 Å². The fourth-order valence-corrected chi connectivity index (χ4v) is 5.31. The quantitative estimate of drug-likeness (QED) is 0.228. The Hall–Kier alpha value is -1.37. The van der Waals surface area contributed by atoms with Crippen molar-refractivity contribution in [2.24, 2.45) is 0 Å². The molecule has 0 saturated carbocycles. The number of benzene rings is 1. The molecule has 0 radical (unpaired) electrons. The first-order chi connectivity index (χ1) is 16.2. The Labute approximate surface area is 204 Å². The van der Waals surface area contributed by atoms with Crippen LogP contribution in [0.2, 0.25) is 0 Å². The van der Waals surface area contributed by atoms with Crippen LogP contribution in [0.1, 0.15) is 128 Å². The highest BCUT2D eigenvalue weighted by Gasteiger charge is 2.37. The average molecular weight is 455 g/mol. The number of likely N-dealkylation sites (tertiary alicyclic amines) is 1. The summed E-state index contributed by atoms with van der Waals surface area (Å²) in [5.74, 6) is 0. The Kier molecular flexibility index (Phi) is 14.5. The average Bonchev–Trinajstić information content (AvgIpc) is 2.86. The van der Waals surface area contributed by atoms with Crippen LogP contribution in [-0.4, -0.2) is 29.3 Å². The summed E-state index contributed by atoms with van der Waals surface area (Å²) < 4.78 is 0. The zero-order valence-electron chi connectivity index (χ0n) is 21.4. The maximum absolute atomic E-state index is 10.6. The Bertz CT molecular complexity index is 630. The van der Waals surface area contributed by atoms with Gasteiger partial charge in [-0.25, -0.2) is 0 Å². The first-order valence-corrected chi connectivity index (χ1v) is 14.1. The lowest BCUT2D eigenvalue weighted by Gasteiger charge is -2.39. The number of piperidine rings is 1. The van der Waals surface area contributed by atoms with Gasteiger partial charge >= 0.3 is 0 Å². The third kappa shape index (κ3) is 10.6. The summed E-state index contributed by atoms with van der Waals surface area (Å²) in [5, 5.41) is 20.5. The molecule has 1 aromatic carbocycles. The Balaban J connectivity index is 1.43. The van der Waals surface area contributed by atoms with Gasteiger partial charge < -0.3 is 5.11 Å². The van der Waals surface area contributed by atoms with E-state index in [1.807, 2.05) is 18.2 Å². The van der Waals surface area contributed by atoms with Gasteiger partial charge in [-0.1, -0.05) is 127 Å². The second-order valence-electron chi connectivity index (χ2n) is 10.3. The first kappa shape index (κ1) is 27.9. The standard InChI is InChI=1S/C30H50N2O/c1-2-3-4-5-6-7-8-9-10-11-12-13-14-15-19-22-29(33)32-25-23-30(27-31,24-26-32)28-20-17-16-18-21-28/h16-18,20-21,29,33H,2-15,19,22-26H2,1H3. The van der Waals surface area contributed by atoms with E-state index in [1.165, 1.54) is 89.9 Å². The van der Waals surface area contributed by atoms with Crippen molar-refractivity contribution in [3.8, 4) is 6.07 Å². The molecular weight excluding hydrogens is 404 g/mol. The molecule has 1 N–H and O–H groups in total. The second kappa shape index (κ2) is 17.1. The molecular formula is C30H50N2O. The summed E-state index contributed by atoms with van der Waals surface area (Å²) in [4.78, 5) is 2.18. The van der Waals surface area contributed by atoms with E-state index in [-0.39, 0.29) is 11.6 Å². The molecule has 1 atom stereocenters. The van der Waals surface area contributed by atoms with Gasteiger partial charge in [0, 0.05) is 13.1 Å². The van der Waals surface area contributed by atoms with Crippen molar-refractivity contribution in [1.82, 2.24) is 4.90 Å². The van der Waals surface area contributed by atoms with E-state index >= 15 is 0 Å². The lowest BCUT2D eigenvalue weighted by molar-refractivity contribution is -0.0230. The summed E-state index contributed by atoms with van der Waals surface area (Å²) in [6.45, 7) is 3.90. The van der Waals surface area contributed by atoms with Gasteiger partial charge in [-0.05, 0) is 31.2 Å². The number of hydrogen-bond donors (Lipinski definition) is 1. The SMILES string of the molecule is CCCCCCCCCCCCCCCCCC(O)N1CCC(C#N)(c2ccccc2)CC1. The molecule has 1 aliphatic heterocycles. The summed E-state index contributed by atoms with van der Waals surface area (Å²) in [5.41, 5.74) is 0.746. The summed E-state index contributed by atoms with van der Waals surface area (Å²) in [6.07, 6.45) is 22.7. The van der Waals surface area contributed by atoms with E-state index in [2.05, 4.69) is 30.0 Å². The maximum Gasteiger partial charge on any atom is 0.107 e. The van der Waals surface area contributed by atoms with Gasteiger partial charge in [-0.15, -0.1) is 0 Å². The topological polar surface area (TPSA) is 47.3 Å². The number of unbranched alkanes of at least 4 members (excludes halogenated alkanes) is 14. The number of nitriles is 1. The zero-order chi connectivity index (χ0) is 23.6. The number of nitrogens with zero attached hydrogens (tertiary/aromatic N) is 2. The van der Waals surface area contributed by atoms with Gasteiger partial charge in [0.05, 0.1) is 11.5 Å². The van der Waals surface area contributed by atoms with Crippen LogP contribution in [0.5, 0.6) is 0 Å². The van der Waals surface area contributed by atoms with Crippen LogP contribution >= 0.6 is 0 Å². The van der Waals surface area contributed by atoms with Crippen LogP contribution < -0.4 is 0 Å². The van der Waals surface area contributed by atoms with Crippen molar-refractivity contribution in [3.05, 3.63) is 35.9 Å². The van der Waals surface area contributed by atoms with Gasteiger partial charge in [-0.3, -0.25) is 4.90 Å². The number of aliphatic hydroxyl groups excluding tert-OH is 1. The third-order valence-electron chi connectivity index (χ3n) is 7.68. The molecule has 1 fully saturated rings. The van der Waals surface area contributed by atoms with Crippen LogP contribution in [-0.2, 0) is 5.41 Å². The highest BCUT2D eigenvalue weighted by Crippen LogP contribution is 2.35. The molecule has 0 spiro atoms. The normalized spacial score (nSPS) is 17.0. The van der Waals surface area contributed by atoms with Crippen LogP contribution in [0.3, 0.4) is 0 Å². The fraction of sp³-hybridized carbons (Fsp3) is 0.767. The molecule has 0 aliphatic carbocycles. The van der Waals surface area contributed by atoms with E-state index in [0.29, 0.717) is 0 Å². The Morgan fingerprint density at radius 1 is 0.788 bits per heavy atom. The minimum atomic E-state index is -0.383. The molecule has 0 bridgehead atoms. The summed E-state index contributed by atoms with van der Waals surface area (Å²) in [6, 6.07) is 12.8. The fourth-order valence-electron chi connectivity index (χ4n) is 5.31. The van der Waals surface area contributed by atoms with Gasteiger partial charge in [0.25, 0.3) is 0 Å². The molecule has 0 aromatic heterocycles. The Morgan fingerprint density at radius 2 is 1.24 bits per heavy atom. The lowest BCUT2D eigenvalue weighted by atomic mass is 9.74. The minimum Gasteiger partial charge on any atom is -0.378 e. The summed E-state index contributed by atoms with van der Waals surface area (Å²) >= 11 is 0. The number of rotatable bonds is 18.